The van der Waals surface area contributed by atoms with Crippen LogP contribution in [0.4, 0.5) is 5.95 Å². The first kappa shape index (κ1) is 14.6. The average Bonchev–Trinajstić information content (AvgIpc) is 3.10. The highest BCUT2D eigenvalue weighted by Crippen LogP contribution is 2.26. The van der Waals surface area contributed by atoms with Gasteiger partial charge < -0.3 is 0 Å². The molecule has 0 radical (unpaired) electrons. The van der Waals surface area contributed by atoms with Gasteiger partial charge in [0.15, 0.2) is 0 Å². The molecule has 0 aromatic carbocycles. The second-order valence-corrected chi connectivity index (χ2v) is 5.58. The third-order valence-electron chi connectivity index (χ3n) is 4.14. The minimum atomic E-state index is -0.213. The summed E-state index contributed by atoms with van der Waals surface area (Å²) >= 11 is 0. The van der Waals surface area contributed by atoms with Crippen molar-refractivity contribution in [2.75, 3.05) is 18.4 Å². The zero-order valence-corrected chi connectivity index (χ0v) is 12.6. The molecule has 2 aromatic heterocycles. The molecule has 0 saturated carbocycles. The van der Waals surface area contributed by atoms with Gasteiger partial charge in [-0.1, -0.05) is 0 Å². The van der Waals surface area contributed by atoms with Crippen molar-refractivity contribution in [3.05, 3.63) is 36.4 Å². The van der Waals surface area contributed by atoms with Crippen molar-refractivity contribution < 1.29 is 4.79 Å². The highest BCUT2D eigenvalue weighted by Gasteiger charge is 2.28. The van der Waals surface area contributed by atoms with Gasteiger partial charge in [-0.05, 0) is 38.4 Å². The minimum absolute atomic E-state index is 0.0727. The molecule has 1 aliphatic heterocycles. The summed E-state index contributed by atoms with van der Waals surface area (Å²) in [5, 5.41) is 9.82. The number of nitrogens with one attached hydrogen (secondary N) is 2. The first-order valence-corrected chi connectivity index (χ1v) is 7.55. The lowest BCUT2D eigenvalue weighted by molar-refractivity contribution is -0.121. The van der Waals surface area contributed by atoms with Crippen molar-refractivity contribution in [3.8, 4) is 0 Å². The highest BCUT2D eigenvalue weighted by atomic mass is 16.2. The minimum Gasteiger partial charge on any atom is -0.293 e. The van der Waals surface area contributed by atoms with E-state index in [4.69, 9.17) is 0 Å². The number of H-pyrrole nitrogens is 1. The fourth-order valence-corrected chi connectivity index (χ4v) is 2.85. The number of hydrogen-bond donors (Lipinski definition) is 2. The van der Waals surface area contributed by atoms with Crippen LogP contribution in [0.3, 0.4) is 0 Å². The van der Waals surface area contributed by atoms with E-state index in [1.54, 1.807) is 24.7 Å². The number of aromatic amines is 1. The van der Waals surface area contributed by atoms with E-state index in [0.717, 1.165) is 31.6 Å². The number of amides is 1. The van der Waals surface area contributed by atoms with Crippen molar-refractivity contribution in [2.24, 2.45) is 0 Å². The molecule has 0 unspecified atom stereocenters. The summed E-state index contributed by atoms with van der Waals surface area (Å²) < 4.78 is 0. The maximum Gasteiger partial charge on any atom is 0.243 e. The second-order valence-electron chi connectivity index (χ2n) is 5.58. The molecule has 1 aliphatic rings. The molecule has 1 amide bonds. The fraction of sp³-hybridized carbons (Fsp3) is 0.467. The molecule has 1 saturated heterocycles. The first-order valence-electron chi connectivity index (χ1n) is 7.55. The lowest BCUT2D eigenvalue weighted by atomic mass is 9.94. The zero-order valence-electron chi connectivity index (χ0n) is 12.6. The average molecular weight is 300 g/mol. The summed E-state index contributed by atoms with van der Waals surface area (Å²) in [6, 6.07) is 3.52. The maximum atomic E-state index is 12.4. The topological polar surface area (TPSA) is 86.8 Å². The number of hydrogen-bond acceptors (Lipinski definition) is 5. The Balaban J connectivity index is 1.61. The van der Waals surface area contributed by atoms with Crippen LogP contribution in [-0.2, 0) is 4.79 Å². The van der Waals surface area contributed by atoms with E-state index in [2.05, 4.69) is 30.4 Å². The number of likely N-dealkylation sites (tertiary alicyclic amines) is 1. The van der Waals surface area contributed by atoms with E-state index in [1.807, 2.05) is 13.0 Å². The Bertz CT molecular complexity index is 600. The van der Waals surface area contributed by atoms with Gasteiger partial charge in [-0.15, -0.1) is 0 Å². The van der Waals surface area contributed by atoms with Crippen molar-refractivity contribution in [1.29, 1.82) is 0 Å². The third-order valence-corrected chi connectivity index (χ3v) is 4.14. The number of aromatic nitrogens is 4. The summed E-state index contributed by atoms with van der Waals surface area (Å²) in [4.78, 5) is 22.6. The van der Waals surface area contributed by atoms with Gasteiger partial charge in [-0.3, -0.25) is 20.1 Å². The van der Waals surface area contributed by atoms with E-state index in [9.17, 15) is 4.79 Å². The van der Waals surface area contributed by atoms with Gasteiger partial charge in [0.05, 0.1) is 6.04 Å². The lowest BCUT2D eigenvalue weighted by Crippen LogP contribution is -2.46. The Labute approximate surface area is 129 Å². The summed E-state index contributed by atoms with van der Waals surface area (Å²) in [6.45, 7) is 3.70. The third kappa shape index (κ3) is 3.30. The van der Waals surface area contributed by atoms with Crippen molar-refractivity contribution in [3.63, 3.8) is 0 Å². The first-order chi connectivity index (χ1) is 10.7. The standard InChI is InChI=1S/C15H20N6O/c1-11(14(22)19-15-16-6-3-7-17-15)21-9-2-4-12(10-21)13-5-8-18-20-13/h3,5-8,11-12H,2,4,9-10H2,1H3,(H,18,20)(H,16,17,19,22)/t11-,12+/m0/s1. The largest absolute Gasteiger partial charge is 0.293 e. The zero-order chi connectivity index (χ0) is 15.4. The van der Waals surface area contributed by atoms with Crippen molar-refractivity contribution in [1.82, 2.24) is 25.1 Å². The molecule has 0 spiro atoms. The number of nitrogens with zero attached hydrogens (tertiary/aromatic N) is 4. The van der Waals surface area contributed by atoms with Gasteiger partial charge in [0, 0.05) is 36.7 Å². The molecule has 7 heteroatoms. The predicted molar refractivity (Wildman–Crippen MR) is 82.3 cm³/mol. The molecule has 116 valence electrons. The number of carbonyl (C=O) groups excluding carboxylic acids is 1. The maximum absolute atomic E-state index is 12.4. The summed E-state index contributed by atoms with van der Waals surface area (Å²) in [5.74, 6) is 0.678. The number of piperidine rings is 1. The quantitative estimate of drug-likeness (QED) is 0.891. The molecule has 0 aliphatic carbocycles. The van der Waals surface area contributed by atoms with Gasteiger partial charge in [0.2, 0.25) is 11.9 Å². The van der Waals surface area contributed by atoms with Crippen LogP contribution in [0.15, 0.2) is 30.7 Å². The number of anilines is 1. The molecule has 22 heavy (non-hydrogen) atoms. The van der Waals surface area contributed by atoms with Crippen molar-refractivity contribution in [2.45, 2.75) is 31.7 Å². The van der Waals surface area contributed by atoms with Crippen LogP contribution >= 0.6 is 0 Å². The molecular formula is C15H20N6O. The number of carbonyl (C=O) groups is 1. The van der Waals surface area contributed by atoms with Crippen molar-refractivity contribution >= 4 is 11.9 Å². The second kappa shape index (κ2) is 6.65. The molecule has 2 N–H and O–H groups in total. The van der Waals surface area contributed by atoms with Gasteiger partial charge in [-0.25, -0.2) is 9.97 Å². The Morgan fingerprint density at radius 2 is 2.23 bits per heavy atom. The monoisotopic (exact) mass is 300 g/mol. The smallest absolute Gasteiger partial charge is 0.243 e. The van der Waals surface area contributed by atoms with Crippen LogP contribution in [-0.4, -0.2) is 50.1 Å². The van der Waals surface area contributed by atoms with E-state index in [0.29, 0.717) is 11.9 Å². The molecular weight excluding hydrogens is 280 g/mol. The van der Waals surface area contributed by atoms with Gasteiger partial charge in [-0.2, -0.15) is 5.10 Å². The van der Waals surface area contributed by atoms with Gasteiger partial charge in [0.1, 0.15) is 0 Å². The SMILES string of the molecule is C[C@@H](C(=O)Nc1ncccn1)N1CCC[C@@H](c2ccn[nH]2)C1. The van der Waals surface area contributed by atoms with E-state index >= 15 is 0 Å². The van der Waals surface area contributed by atoms with Gasteiger partial charge in [0.25, 0.3) is 0 Å². The Morgan fingerprint density at radius 3 is 2.95 bits per heavy atom. The molecule has 0 bridgehead atoms. The Morgan fingerprint density at radius 1 is 1.41 bits per heavy atom. The van der Waals surface area contributed by atoms with Gasteiger partial charge >= 0.3 is 0 Å². The summed E-state index contributed by atoms with van der Waals surface area (Å²) in [6.07, 6.45) is 7.19. The summed E-state index contributed by atoms with van der Waals surface area (Å²) in [7, 11) is 0. The summed E-state index contributed by atoms with van der Waals surface area (Å²) in [5.41, 5.74) is 1.14. The molecule has 1 fully saturated rings. The molecule has 2 aromatic rings. The molecule has 3 heterocycles. The van der Waals surface area contributed by atoms with Crippen LogP contribution in [0.1, 0.15) is 31.4 Å². The van der Waals surface area contributed by atoms with Crippen LogP contribution in [0, 0.1) is 0 Å². The fourth-order valence-electron chi connectivity index (χ4n) is 2.85. The van der Waals surface area contributed by atoms with Crippen LogP contribution in [0.2, 0.25) is 0 Å². The highest BCUT2D eigenvalue weighted by molar-refractivity contribution is 5.93. The molecule has 7 nitrogen and oxygen atoms in total. The van der Waals surface area contributed by atoms with E-state index in [-0.39, 0.29) is 11.9 Å². The predicted octanol–water partition coefficient (Wildman–Crippen LogP) is 1.41. The molecule has 2 atom stereocenters. The van der Waals surface area contributed by atoms with Crippen LogP contribution in [0.25, 0.3) is 0 Å². The molecule has 3 rings (SSSR count). The lowest BCUT2D eigenvalue weighted by Gasteiger charge is -2.35. The van der Waals surface area contributed by atoms with E-state index < -0.39 is 0 Å². The Hall–Kier alpha value is -2.28. The normalized spacial score (nSPS) is 20.5. The van der Waals surface area contributed by atoms with Crippen LogP contribution < -0.4 is 5.32 Å². The Kier molecular flexibility index (Phi) is 4.43. The van der Waals surface area contributed by atoms with E-state index in [1.165, 1.54) is 0 Å². The number of rotatable bonds is 4. The van der Waals surface area contributed by atoms with Crippen LogP contribution in [0.5, 0.6) is 0 Å².